The van der Waals surface area contributed by atoms with Crippen LogP contribution in [0.25, 0.3) is 0 Å². The molecule has 0 radical (unpaired) electrons. The summed E-state index contributed by atoms with van der Waals surface area (Å²) in [4.78, 5) is 23.0. The largest absolute Gasteiger partial charge is 0.477 e. The van der Waals surface area contributed by atoms with Gasteiger partial charge in [0.25, 0.3) is 5.79 Å². The van der Waals surface area contributed by atoms with Crippen LogP contribution in [0.4, 0.5) is 0 Å². The van der Waals surface area contributed by atoms with Crippen molar-refractivity contribution in [1.29, 1.82) is 0 Å². The number of carboxylic acids is 1. The molecule has 0 aromatic rings. The predicted octanol–water partition coefficient (Wildman–Crippen LogP) is -4.49. The van der Waals surface area contributed by atoms with E-state index in [2.05, 4.69) is 5.32 Å². The Balaban J connectivity index is 3.16. The van der Waals surface area contributed by atoms with Crippen molar-refractivity contribution >= 4 is 11.9 Å². The van der Waals surface area contributed by atoms with Crippen LogP contribution >= 0.6 is 0 Å². The highest BCUT2D eigenvalue weighted by Crippen LogP contribution is 2.33. The lowest BCUT2D eigenvalue weighted by atomic mass is 9.88. The van der Waals surface area contributed by atoms with Crippen LogP contribution in [0, 0.1) is 0 Å². The van der Waals surface area contributed by atoms with Crippen molar-refractivity contribution in [1.82, 2.24) is 5.32 Å². The molecule has 12 nitrogen and oxygen atoms in total. The molecule has 1 saturated heterocycles. The number of carbonyl (C=O) groups is 2. The van der Waals surface area contributed by atoms with Gasteiger partial charge in [-0.3, -0.25) is 4.79 Å². The minimum atomic E-state index is -2.52. The highest BCUT2D eigenvalue weighted by Gasteiger charge is 2.55. The van der Waals surface area contributed by atoms with Crippen LogP contribution in [0.2, 0.25) is 0 Å². The normalized spacial score (nSPS) is 32.5. The molecule has 1 aliphatic heterocycles. The van der Waals surface area contributed by atoms with E-state index in [0.29, 0.717) is 0 Å². The topological polar surface area (TPSA) is 206 Å². The number of rotatable bonds is 9. The van der Waals surface area contributed by atoms with Gasteiger partial charge in [0.15, 0.2) is 0 Å². The number of amides is 1. The van der Waals surface area contributed by atoms with Gasteiger partial charge in [-0.15, -0.1) is 0 Å². The van der Waals surface area contributed by atoms with Crippen LogP contribution < -0.4 is 5.32 Å². The van der Waals surface area contributed by atoms with Crippen molar-refractivity contribution in [3.05, 3.63) is 0 Å². The van der Waals surface area contributed by atoms with Crippen molar-refractivity contribution in [2.45, 2.75) is 55.7 Å². The van der Waals surface area contributed by atoms with E-state index in [-0.39, 0.29) is 0 Å². The van der Waals surface area contributed by atoms with Crippen LogP contribution in [-0.4, -0.2) is 110 Å². The molecule has 0 aromatic heterocycles. The number of nitrogens with one attached hydrogen (secondary N) is 1. The maximum absolute atomic E-state index is 11.7. The molecule has 152 valence electrons. The first-order valence-electron chi connectivity index (χ1n) is 7.84. The van der Waals surface area contributed by atoms with Crippen molar-refractivity contribution in [3.8, 4) is 0 Å². The van der Waals surface area contributed by atoms with Gasteiger partial charge in [-0.25, -0.2) is 4.79 Å². The second kappa shape index (κ2) is 9.53. The quantitative estimate of drug-likeness (QED) is 0.190. The molecule has 1 amide bonds. The second-order valence-corrected chi connectivity index (χ2v) is 6.03. The van der Waals surface area contributed by atoms with Crippen molar-refractivity contribution in [3.63, 3.8) is 0 Å². The first-order chi connectivity index (χ1) is 12.1. The summed E-state index contributed by atoms with van der Waals surface area (Å²) in [6.45, 7) is -1.16. The Kier molecular flexibility index (Phi) is 8.30. The summed E-state index contributed by atoms with van der Waals surface area (Å²) in [7, 11) is 0. The van der Waals surface area contributed by atoms with E-state index in [9.17, 15) is 35.1 Å². The fourth-order valence-corrected chi connectivity index (χ4v) is 2.56. The lowest BCUT2D eigenvalue weighted by Gasteiger charge is -2.46. The molecular formula is C14H25NO11. The number of aliphatic hydroxyl groups is 6. The summed E-state index contributed by atoms with van der Waals surface area (Å²) in [6.07, 6.45) is -8.96. The standard InChI is InChI=1S/C14H25NO11/c1-6(18)15-10-8(20)2-14(13(23)24,25-5-7(19)3-16)26-12(10)11(22)9(21)4-17/h7-12,16-17,19-22H,2-5H2,1H3,(H,15,18)(H,23,24)/t7?,8-,9+,10+,11+,12+,14-/m0/s1. The zero-order chi connectivity index (χ0) is 20.1. The molecule has 8 N–H and O–H groups in total. The van der Waals surface area contributed by atoms with Crippen LogP contribution in [0.3, 0.4) is 0 Å². The number of ether oxygens (including phenoxy) is 2. The molecule has 1 rings (SSSR count). The summed E-state index contributed by atoms with van der Waals surface area (Å²) in [6, 6.07) is -1.30. The Morgan fingerprint density at radius 1 is 1.27 bits per heavy atom. The highest BCUT2D eigenvalue weighted by molar-refractivity contribution is 5.76. The fourth-order valence-electron chi connectivity index (χ4n) is 2.56. The Morgan fingerprint density at radius 3 is 2.35 bits per heavy atom. The number of hydrogen-bond donors (Lipinski definition) is 8. The van der Waals surface area contributed by atoms with Gasteiger partial charge in [0.05, 0.1) is 32.0 Å². The lowest BCUT2D eigenvalue weighted by molar-refractivity contribution is -0.315. The molecule has 1 unspecified atom stereocenters. The molecule has 1 fully saturated rings. The smallest absolute Gasteiger partial charge is 0.364 e. The highest BCUT2D eigenvalue weighted by atomic mass is 16.7. The maximum Gasteiger partial charge on any atom is 0.364 e. The Morgan fingerprint density at radius 2 is 1.88 bits per heavy atom. The monoisotopic (exact) mass is 383 g/mol. The average Bonchev–Trinajstić information content (AvgIpc) is 2.59. The van der Waals surface area contributed by atoms with E-state index in [4.69, 9.17) is 19.7 Å². The van der Waals surface area contributed by atoms with Gasteiger partial charge >= 0.3 is 5.97 Å². The minimum Gasteiger partial charge on any atom is -0.477 e. The molecule has 0 aromatic carbocycles. The number of aliphatic carboxylic acids is 1. The molecule has 0 aliphatic carbocycles. The molecule has 1 heterocycles. The van der Waals surface area contributed by atoms with Gasteiger partial charge < -0.3 is 50.5 Å². The van der Waals surface area contributed by atoms with E-state index >= 15 is 0 Å². The van der Waals surface area contributed by atoms with E-state index in [1.807, 2.05) is 0 Å². The summed E-state index contributed by atoms with van der Waals surface area (Å²) >= 11 is 0. The third-order valence-corrected chi connectivity index (χ3v) is 3.91. The molecule has 0 saturated carbocycles. The van der Waals surface area contributed by atoms with Crippen LogP contribution in [0.15, 0.2) is 0 Å². The zero-order valence-electron chi connectivity index (χ0n) is 14.1. The van der Waals surface area contributed by atoms with E-state index in [1.54, 1.807) is 0 Å². The van der Waals surface area contributed by atoms with E-state index < -0.39 is 80.5 Å². The van der Waals surface area contributed by atoms with Gasteiger partial charge in [-0.1, -0.05) is 0 Å². The summed E-state index contributed by atoms with van der Waals surface area (Å²) in [5.74, 6) is -4.84. The van der Waals surface area contributed by atoms with E-state index in [0.717, 1.165) is 6.92 Å². The number of carbonyl (C=O) groups excluding carboxylic acids is 1. The summed E-state index contributed by atoms with van der Waals surface area (Å²) < 4.78 is 10.3. The van der Waals surface area contributed by atoms with Crippen LogP contribution in [0.5, 0.6) is 0 Å². The fraction of sp³-hybridized carbons (Fsp3) is 0.857. The van der Waals surface area contributed by atoms with Gasteiger partial charge in [0.1, 0.15) is 24.4 Å². The average molecular weight is 383 g/mol. The van der Waals surface area contributed by atoms with Gasteiger partial charge in [0, 0.05) is 13.3 Å². The Hall–Kier alpha value is -1.38. The van der Waals surface area contributed by atoms with Crippen molar-refractivity contribution < 1.29 is 54.8 Å². The van der Waals surface area contributed by atoms with Gasteiger partial charge in [-0.05, 0) is 0 Å². The van der Waals surface area contributed by atoms with Crippen molar-refractivity contribution in [2.75, 3.05) is 19.8 Å². The number of hydrogen-bond acceptors (Lipinski definition) is 10. The molecule has 0 spiro atoms. The minimum absolute atomic E-state index is 0.618. The Bertz CT molecular complexity index is 490. The number of aliphatic hydroxyl groups excluding tert-OH is 6. The maximum atomic E-state index is 11.7. The molecule has 1 aliphatic rings. The summed E-state index contributed by atoms with van der Waals surface area (Å²) in [5.41, 5.74) is 0. The lowest BCUT2D eigenvalue weighted by Crippen LogP contribution is -2.68. The Labute approximate surface area is 148 Å². The van der Waals surface area contributed by atoms with Gasteiger partial charge in [0.2, 0.25) is 5.91 Å². The molecule has 0 bridgehead atoms. The van der Waals surface area contributed by atoms with E-state index in [1.165, 1.54) is 0 Å². The zero-order valence-corrected chi connectivity index (χ0v) is 14.1. The predicted molar refractivity (Wildman–Crippen MR) is 81.6 cm³/mol. The first kappa shape index (κ1) is 22.7. The molecule has 26 heavy (non-hydrogen) atoms. The molecule has 7 atom stereocenters. The van der Waals surface area contributed by atoms with Crippen LogP contribution in [-0.2, 0) is 19.1 Å². The van der Waals surface area contributed by atoms with Crippen LogP contribution in [0.1, 0.15) is 13.3 Å². The number of carboxylic acid groups (broad SMARTS) is 1. The molecular weight excluding hydrogens is 358 g/mol. The summed E-state index contributed by atoms with van der Waals surface area (Å²) in [5, 5.41) is 69.0. The molecule has 12 heteroatoms. The third kappa shape index (κ3) is 5.31. The van der Waals surface area contributed by atoms with Gasteiger partial charge in [-0.2, -0.15) is 0 Å². The second-order valence-electron chi connectivity index (χ2n) is 6.03. The third-order valence-electron chi connectivity index (χ3n) is 3.91. The SMILES string of the molecule is CC(=O)N[C@H]1[C@H]([C@H](O)[C@H](O)CO)O[C@](OCC(O)CO)(C(=O)O)C[C@@H]1O. The van der Waals surface area contributed by atoms with Crippen molar-refractivity contribution in [2.24, 2.45) is 0 Å². The first-order valence-corrected chi connectivity index (χ1v) is 7.84.